The van der Waals surface area contributed by atoms with Crippen molar-refractivity contribution in [3.8, 4) is 0 Å². The number of benzene rings is 1. The van der Waals surface area contributed by atoms with Gasteiger partial charge in [0.15, 0.2) is 36.9 Å². The van der Waals surface area contributed by atoms with E-state index in [1.165, 1.54) is 22.3 Å². The molecule has 0 saturated heterocycles. The second-order valence-electron chi connectivity index (χ2n) is 9.25. The van der Waals surface area contributed by atoms with Crippen molar-refractivity contribution in [1.29, 1.82) is 0 Å². The van der Waals surface area contributed by atoms with Gasteiger partial charge in [-0.1, -0.05) is 38.1 Å². The van der Waals surface area contributed by atoms with E-state index in [0.717, 1.165) is 51.4 Å². The van der Waals surface area contributed by atoms with Crippen molar-refractivity contribution < 1.29 is 19.3 Å². The lowest BCUT2D eigenvalue weighted by molar-refractivity contribution is -0.715. The summed E-state index contributed by atoms with van der Waals surface area (Å²) in [7, 11) is 0. The van der Waals surface area contributed by atoms with Crippen LogP contribution in [-0.2, 0) is 12.8 Å². The zero-order valence-electron chi connectivity index (χ0n) is 20.9. The highest BCUT2D eigenvalue weighted by atomic mass is 16.3. The fraction of sp³-hybridized carbons (Fsp3) is 0.467. The molecule has 3 rings (SSSR count). The van der Waals surface area contributed by atoms with Crippen LogP contribution < -0.4 is 9.13 Å². The number of rotatable bonds is 14. The van der Waals surface area contributed by atoms with E-state index in [2.05, 4.69) is 96.3 Å². The fourth-order valence-electron chi connectivity index (χ4n) is 4.80. The average molecular weight is 463 g/mol. The summed E-state index contributed by atoms with van der Waals surface area (Å²) in [6.45, 7) is 4.95. The second-order valence-corrected chi connectivity index (χ2v) is 9.25. The van der Waals surface area contributed by atoms with Gasteiger partial charge < -0.3 is 10.2 Å². The number of hydrogen-bond acceptors (Lipinski definition) is 2. The third-order valence-electron chi connectivity index (χ3n) is 6.56. The SMILES string of the molecule is CCCC(c1ccc(C(CCC)[n+]2cccc(CCCO)c2)cc1)[n+]1cccc(CCCO)c1. The van der Waals surface area contributed by atoms with Crippen molar-refractivity contribution >= 4 is 0 Å². The summed E-state index contributed by atoms with van der Waals surface area (Å²) < 4.78 is 4.68. The van der Waals surface area contributed by atoms with Crippen LogP contribution in [0.4, 0.5) is 0 Å². The molecule has 0 amide bonds. The molecule has 0 aliphatic rings. The van der Waals surface area contributed by atoms with Gasteiger partial charge in [0.05, 0.1) is 0 Å². The topological polar surface area (TPSA) is 48.2 Å². The fourth-order valence-corrected chi connectivity index (χ4v) is 4.80. The molecular formula is C30H42N2O2+2. The molecule has 182 valence electrons. The van der Waals surface area contributed by atoms with Crippen molar-refractivity contribution in [1.82, 2.24) is 0 Å². The second kappa shape index (κ2) is 14.0. The minimum Gasteiger partial charge on any atom is -0.396 e. The van der Waals surface area contributed by atoms with E-state index < -0.39 is 0 Å². The zero-order chi connectivity index (χ0) is 24.2. The number of aryl methyl sites for hydroxylation is 2. The third kappa shape index (κ3) is 7.22. The number of aliphatic hydroxyl groups excluding tert-OH is 2. The Labute approximate surface area is 205 Å². The molecule has 2 aromatic heterocycles. The molecule has 0 aliphatic heterocycles. The summed E-state index contributed by atoms with van der Waals surface area (Å²) in [5, 5.41) is 18.4. The molecule has 2 N–H and O–H groups in total. The normalized spacial score (nSPS) is 13.1. The molecule has 0 spiro atoms. The van der Waals surface area contributed by atoms with Crippen molar-refractivity contribution in [2.75, 3.05) is 13.2 Å². The maximum atomic E-state index is 9.19. The highest BCUT2D eigenvalue weighted by molar-refractivity contribution is 5.26. The van der Waals surface area contributed by atoms with Gasteiger partial charge in [-0.25, -0.2) is 0 Å². The largest absolute Gasteiger partial charge is 0.396 e. The van der Waals surface area contributed by atoms with E-state index >= 15 is 0 Å². The van der Waals surface area contributed by atoms with Gasteiger partial charge in [-0.3, -0.25) is 0 Å². The smallest absolute Gasteiger partial charge is 0.183 e. The standard InChI is InChI=1S/C30H42N2O2/c1-3-9-29(31-19-5-11-25(23-31)13-7-21-33)27-15-17-28(18-16-27)30(10-4-2)32-20-6-12-26(24-32)14-8-22-34/h5-6,11-12,15-20,23-24,29-30,33-34H,3-4,7-10,13-14,21-22H2,1-2H3/q+2. The van der Waals surface area contributed by atoms with E-state index in [9.17, 15) is 10.2 Å². The molecule has 0 radical (unpaired) electrons. The molecule has 0 saturated carbocycles. The predicted molar refractivity (Wildman–Crippen MR) is 137 cm³/mol. The first-order chi connectivity index (χ1) is 16.7. The third-order valence-corrected chi connectivity index (χ3v) is 6.56. The summed E-state index contributed by atoms with van der Waals surface area (Å²) >= 11 is 0. The van der Waals surface area contributed by atoms with Gasteiger partial charge in [0.1, 0.15) is 0 Å². The van der Waals surface area contributed by atoms with Crippen molar-refractivity contribution in [2.24, 2.45) is 0 Å². The summed E-state index contributed by atoms with van der Waals surface area (Å²) in [4.78, 5) is 0. The van der Waals surface area contributed by atoms with Crippen molar-refractivity contribution in [3.63, 3.8) is 0 Å². The highest BCUT2D eigenvalue weighted by Crippen LogP contribution is 2.24. The molecule has 0 fully saturated rings. The van der Waals surface area contributed by atoms with Crippen molar-refractivity contribution in [2.45, 2.75) is 77.3 Å². The first-order valence-electron chi connectivity index (χ1n) is 13.0. The average Bonchev–Trinajstić information content (AvgIpc) is 2.88. The van der Waals surface area contributed by atoms with Crippen LogP contribution in [0, 0.1) is 0 Å². The molecule has 2 atom stereocenters. The van der Waals surface area contributed by atoms with Crippen LogP contribution in [-0.4, -0.2) is 23.4 Å². The minimum atomic E-state index is 0.232. The van der Waals surface area contributed by atoms with Crippen LogP contribution in [0.2, 0.25) is 0 Å². The lowest BCUT2D eigenvalue weighted by atomic mass is 9.96. The van der Waals surface area contributed by atoms with Crippen LogP contribution >= 0.6 is 0 Å². The summed E-state index contributed by atoms with van der Waals surface area (Å²) in [6.07, 6.45) is 16.7. The maximum Gasteiger partial charge on any atom is 0.183 e. The number of aliphatic hydroxyl groups is 2. The first-order valence-corrected chi connectivity index (χ1v) is 13.0. The Bertz CT molecular complexity index is 907. The number of nitrogens with zero attached hydrogens (tertiary/aromatic N) is 2. The Morgan fingerprint density at radius 3 is 1.41 bits per heavy atom. The van der Waals surface area contributed by atoms with E-state index in [0.29, 0.717) is 12.1 Å². The predicted octanol–water partition coefficient (Wildman–Crippen LogP) is 4.89. The van der Waals surface area contributed by atoms with Gasteiger partial charge >= 0.3 is 0 Å². The van der Waals surface area contributed by atoms with E-state index in [-0.39, 0.29) is 13.2 Å². The first kappa shape index (κ1) is 26.1. The quantitative estimate of drug-likeness (QED) is 0.335. The van der Waals surface area contributed by atoms with Gasteiger partial charge in [0.25, 0.3) is 0 Å². The van der Waals surface area contributed by atoms with Gasteiger partial charge in [-0.15, -0.1) is 0 Å². The summed E-state index contributed by atoms with van der Waals surface area (Å²) in [6, 6.07) is 18.4. The minimum absolute atomic E-state index is 0.232. The van der Waals surface area contributed by atoms with Gasteiger partial charge in [0.2, 0.25) is 0 Å². The lowest BCUT2D eigenvalue weighted by Gasteiger charge is -2.16. The molecule has 4 heteroatoms. The summed E-state index contributed by atoms with van der Waals surface area (Å²) in [5.41, 5.74) is 5.23. The number of pyridine rings is 2. The van der Waals surface area contributed by atoms with E-state index in [1.54, 1.807) is 0 Å². The molecule has 1 aromatic carbocycles. The monoisotopic (exact) mass is 462 g/mol. The molecular weight excluding hydrogens is 420 g/mol. The van der Waals surface area contributed by atoms with E-state index in [1.807, 2.05) is 0 Å². The van der Waals surface area contributed by atoms with Crippen LogP contribution in [0.15, 0.2) is 73.3 Å². The van der Waals surface area contributed by atoms with Gasteiger partial charge in [0, 0.05) is 60.4 Å². The highest BCUT2D eigenvalue weighted by Gasteiger charge is 2.24. The molecule has 4 nitrogen and oxygen atoms in total. The Morgan fingerprint density at radius 1 is 0.647 bits per heavy atom. The van der Waals surface area contributed by atoms with Crippen LogP contribution in [0.1, 0.15) is 86.7 Å². The summed E-state index contributed by atoms with van der Waals surface area (Å²) in [5.74, 6) is 0. The maximum absolute atomic E-state index is 9.19. The Kier molecular flexibility index (Phi) is 10.7. The van der Waals surface area contributed by atoms with E-state index in [4.69, 9.17) is 0 Å². The zero-order valence-corrected chi connectivity index (χ0v) is 20.9. The van der Waals surface area contributed by atoms with Crippen LogP contribution in [0.5, 0.6) is 0 Å². The molecule has 0 bridgehead atoms. The Balaban J connectivity index is 1.85. The molecule has 2 heterocycles. The van der Waals surface area contributed by atoms with Gasteiger partial charge in [-0.05, 0) is 50.7 Å². The molecule has 2 unspecified atom stereocenters. The Hall–Kier alpha value is -2.56. The molecule has 0 aliphatic carbocycles. The number of hydrogen-bond donors (Lipinski definition) is 2. The number of aromatic nitrogens is 2. The lowest BCUT2D eigenvalue weighted by Crippen LogP contribution is -2.40. The van der Waals surface area contributed by atoms with Crippen molar-refractivity contribution in [3.05, 3.63) is 95.6 Å². The molecule has 3 aromatic rings. The van der Waals surface area contributed by atoms with Gasteiger partial charge in [-0.2, -0.15) is 9.13 Å². The van der Waals surface area contributed by atoms with Crippen LogP contribution in [0.3, 0.4) is 0 Å². The Morgan fingerprint density at radius 2 is 1.06 bits per heavy atom. The molecule has 34 heavy (non-hydrogen) atoms. The van der Waals surface area contributed by atoms with Crippen LogP contribution in [0.25, 0.3) is 0 Å².